The summed E-state index contributed by atoms with van der Waals surface area (Å²) >= 11 is 0. The minimum Gasteiger partial charge on any atom is -0.445 e. The lowest BCUT2D eigenvalue weighted by Gasteiger charge is -2.43. The van der Waals surface area contributed by atoms with Crippen LogP contribution in [-0.4, -0.2) is 42.7 Å². The molecule has 2 atom stereocenters. The number of amides is 1. The van der Waals surface area contributed by atoms with Gasteiger partial charge in [0.25, 0.3) is 0 Å². The fourth-order valence-corrected chi connectivity index (χ4v) is 3.82. The van der Waals surface area contributed by atoms with Crippen LogP contribution in [0.3, 0.4) is 0 Å². The highest BCUT2D eigenvalue weighted by Gasteiger charge is 2.39. The van der Waals surface area contributed by atoms with Gasteiger partial charge in [0.1, 0.15) is 18.2 Å². The lowest BCUT2D eigenvalue weighted by Crippen LogP contribution is -2.56. The first-order chi connectivity index (χ1) is 14.8. The second-order valence-corrected chi connectivity index (χ2v) is 7.29. The molecule has 1 fully saturated rings. The molecule has 0 aliphatic carbocycles. The highest BCUT2D eigenvalue weighted by molar-refractivity contribution is 5.75. The van der Waals surface area contributed by atoms with E-state index in [1.165, 1.54) is 0 Å². The number of benzene rings is 2. The molecule has 0 aromatic heterocycles. The summed E-state index contributed by atoms with van der Waals surface area (Å²) in [6.45, 7) is 0.508. The fourth-order valence-electron chi connectivity index (χ4n) is 3.82. The van der Waals surface area contributed by atoms with Crippen molar-refractivity contribution in [3.8, 4) is 5.75 Å². The summed E-state index contributed by atoms with van der Waals surface area (Å²) in [7, 11) is 0. The topological polar surface area (TPSA) is 48.0 Å². The zero-order valence-electron chi connectivity index (χ0n) is 16.3. The number of ether oxygens (including phenoxy) is 3. The van der Waals surface area contributed by atoms with E-state index in [1.807, 2.05) is 30.3 Å². The average molecular weight is 437 g/mol. The molecule has 1 saturated heterocycles. The van der Waals surface area contributed by atoms with Gasteiger partial charge in [0.2, 0.25) is 0 Å². The number of hydrogen-bond acceptors (Lipinski definition) is 4. The van der Waals surface area contributed by atoms with E-state index in [1.54, 1.807) is 11.0 Å². The van der Waals surface area contributed by atoms with Crippen LogP contribution in [0.4, 0.5) is 22.4 Å². The number of halogens is 4. The van der Waals surface area contributed by atoms with Crippen molar-refractivity contribution in [3.63, 3.8) is 0 Å². The Morgan fingerprint density at radius 3 is 2.61 bits per heavy atom. The van der Waals surface area contributed by atoms with Gasteiger partial charge >= 0.3 is 12.5 Å². The molecule has 2 aromatic carbocycles. The second kappa shape index (κ2) is 8.58. The molecule has 4 rings (SSSR count). The molecular formula is C22H19F4NO4. The van der Waals surface area contributed by atoms with Crippen molar-refractivity contribution >= 4 is 11.7 Å². The van der Waals surface area contributed by atoms with Crippen LogP contribution in [-0.2, 0) is 16.1 Å². The molecule has 0 N–H and O–H groups in total. The van der Waals surface area contributed by atoms with Gasteiger partial charge in [-0.15, -0.1) is 13.2 Å². The number of rotatable bonds is 4. The maximum absolute atomic E-state index is 14.4. The Morgan fingerprint density at radius 2 is 1.90 bits per heavy atom. The third kappa shape index (κ3) is 4.99. The quantitative estimate of drug-likeness (QED) is 0.638. The normalized spacial score (nSPS) is 20.8. The number of alkyl halides is 3. The Hall–Kier alpha value is -3.07. The molecular weight excluding hydrogens is 418 g/mol. The molecule has 1 amide bonds. The lowest BCUT2D eigenvalue weighted by molar-refractivity contribution is -0.274. The SMILES string of the molecule is O=C(OCc1ccccc1)N1C2C=C(c3cc(OC(F)(F)F)ccc3F)CC1COC2. The van der Waals surface area contributed by atoms with E-state index >= 15 is 0 Å². The van der Waals surface area contributed by atoms with Crippen molar-refractivity contribution in [1.29, 1.82) is 0 Å². The Balaban J connectivity index is 1.53. The summed E-state index contributed by atoms with van der Waals surface area (Å²) in [4.78, 5) is 14.3. The Morgan fingerprint density at radius 1 is 1.13 bits per heavy atom. The molecule has 9 heteroatoms. The van der Waals surface area contributed by atoms with Crippen LogP contribution in [0.5, 0.6) is 5.75 Å². The highest BCUT2D eigenvalue weighted by atomic mass is 19.4. The summed E-state index contributed by atoms with van der Waals surface area (Å²) in [5.41, 5.74) is 1.35. The average Bonchev–Trinajstić information content (AvgIpc) is 2.72. The van der Waals surface area contributed by atoms with Gasteiger partial charge < -0.3 is 14.2 Å². The maximum atomic E-state index is 14.4. The number of hydrogen-bond donors (Lipinski definition) is 0. The minimum absolute atomic E-state index is 0.0101. The van der Waals surface area contributed by atoms with Crippen molar-refractivity contribution < 1.29 is 36.6 Å². The molecule has 2 aliphatic heterocycles. The van der Waals surface area contributed by atoms with Crippen LogP contribution in [0.1, 0.15) is 17.5 Å². The summed E-state index contributed by atoms with van der Waals surface area (Å²) in [6, 6.07) is 11.2. The van der Waals surface area contributed by atoms with Crippen LogP contribution in [0.25, 0.3) is 5.57 Å². The van der Waals surface area contributed by atoms with E-state index in [0.29, 0.717) is 5.57 Å². The highest BCUT2D eigenvalue weighted by Crippen LogP contribution is 2.36. The van der Waals surface area contributed by atoms with Gasteiger partial charge in [-0.25, -0.2) is 9.18 Å². The largest absolute Gasteiger partial charge is 0.573 e. The van der Waals surface area contributed by atoms with Crippen molar-refractivity contribution in [2.45, 2.75) is 31.5 Å². The Labute approximate surface area is 175 Å². The Bertz CT molecular complexity index is 977. The van der Waals surface area contributed by atoms with Crippen LogP contribution >= 0.6 is 0 Å². The van der Waals surface area contributed by atoms with E-state index in [0.717, 1.165) is 23.8 Å². The fraction of sp³-hybridized carbons (Fsp3) is 0.318. The molecule has 5 nitrogen and oxygen atoms in total. The molecule has 2 aromatic rings. The first-order valence-corrected chi connectivity index (χ1v) is 9.63. The van der Waals surface area contributed by atoms with Crippen LogP contribution in [0.15, 0.2) is 54.6 Å². The summed E-state index contributed by atoms with van der Waals surface area (Å²) in [6.07, 6.45) is -3.55. The molecule has 2 bridgehead atoms. The molecule has 2 aliphatic rings. The van der Waals surface area contributed by atoms with Crippen molar-refractivity contribution in [2.75, 3.05) is 13.2 Å². The van der Waals surface area contributed by atoms with Gasteiger partial charge in [-0.1, -0.05) is 36.4 Å². The summed E-state index contributed by atoms with van der Waals surface area (Å²) in [5.74, 6) is -1.17. The van der Waals surface area contributed by atoms with Crippen LogP contribution < -0.4 is 4.74 Å². The first kappa shape index (κ1) is 21.2. The van der Waals surface area contributed by atoms with E-state index < -0.39 is 36.1 Å². The van der Waals surface area contributed by atoms with Crippen LogP contribution in [0, 0.1) is 5.82 Å². The number of fused-ring (bicyclic) bond motifs is 2. The van der Waals surface area contributed by atoms with Gasteiger partial charge in [0.05, 0.1) is 25.3 Å². The van der Waals surface area contributed by atoms with E-state index in [9.17, 15) is 22.4 Å². The standard InChI is InChI=1S/C22H19F4NO4/c23-20-7-6-18(31-22(24,25)26)10-19(20)15-8-16-12-29-13-17(9-15)27(16)21(28)30-11-14-4-2-1-3-5-14/h1-8,10,16-17H,9,11-13H2. The predicted octanol–water partition coefficient (Wildman–Crippen LogP) is 4.92. The molecule has 31 heavy (non-hydrogen) atoms. The number of carbonyl (C=O) groups is 1. The lowest BCUT2D eigenvalue weighted by atomic mass is 9.89. The summed E-state index contributed by atoms with van der Waals surface area (Å²) in [5, 5.41) is 0. The van der Waals surface area contributed by atoms with Gasteiger partial charge in [0, 0.05) is 5.56 Å². The van der Waals surface area contributed by atoms with Gasteiger partial charge in [-0.05, 0) is 35.8 Å². The zero-order valence-corrected chi connectivity index (χ0v) is 16.3. The van der Waals surface area contributed by atoms with Gasteiger partial charge in [-0.3, -0.25) is 4.90 Å². The predicted molar refractivity (Wildman–Crippen MR) is 103 cm³/mol. The first-order valence-electron chi connectivity index (χ1n) is 9.63. The van der Waals surface area contributed by atoms with E-state index in [2.05, 4.69) is 4.74 Å². The number of carbonyl (C=O) groups excluding carboxylic acids is 1. The van der Waals surface area contributed by atoms with E-state index in [-0.39, 0.29) is 31.8 Å². The van der Waals surface area contributed by atoms with E-state index in [4.69, 9.17) is 9.47 Å². The molecule has 0 radical (unpaired) electrons. The Kier molecular flexibility index (Phi) is 5.86. The molecule has 0 saturated carbocycles. The molecule has 2 heterocycles. The van der Waals surface area contributed by atoms with Gasteiger partial charge in [0.15, 0.2) is 0 Å². The number of morpholine rings is 1. The number of nitrogens with zero attached hydrogens (tertiary/aromatic N) is 1. The molecule has 2 unspecified atom stereocenters. The third-order valence-electron chi connectivity index (χ3n) is 5.13. The zero-order chi connectivity index (χ0) is 22.0. The van der Waals surface area contributed by atoms with Gasteiger partial charge in [-0.2, -0.15) is 0 Å². The maximum Gasteiger partial charge on any atom is 0.573 e. The molecule has 0 spiro atoms. The van der Waals surface area contributed by atoms with Crippen molar-refractivity contribution in [3.05, 3.63) is 71.6 Å². The monoisotopic (exact) mass is 437 g/mol. The smallest absolute Gasteiger partial charge is 0.445 e. The third-order valence-corrected chi connectivity index (χ3v) is 5.13. The minimum atomic E-state index is -4.88. The molecule has 164 valence electrons. The second-order valence-electron chi connectivity index (χ2n) is 7.29. The van der Waals surface area contributed by atoms with Crippen LogP contribution in [0.2, 0.25) is 0 Å². The summed E-state index contributed by atoms with van der Waals surface area (Å²) < 4.78 is 66.9. The van der Waals surface area contributed by atoms with Crippen molar-refractivity contribution in [1.82, 2.24) is 4.90 Å². The van der Waals surface area contributed by atoms with Crippen molar-refractivity contribution in [2.24, 2.45) is 0 Å².